The van der Waals surface area contributed by atoms with E-state index in [1.54, 1.807) is 12.1 Å². The van der Waals surface area contributed by atoms with Crippen molar-refractivity contribution < 1.29 is 9.53 Å². The fourth-order valence-electron chi connectivity index (χ4n) is 1.91. The molecular formula is C12H15ClN2O2. The SMILES string of the molecule is NC(=O)c1cc(Cl)ccc1OCC1CCCN1. The maximum absolute atomic E-state index is 11.2. The Morgan fingerprint density at radius 1 is 1.59 bits per heavy atom. The smallest absolute Gasteiger partial charge is 0.252 e. The van der Waals surface area contributed by atoms with Gasteiger partial charge >= 0.3 is 0 Å². The Kier molecular flexibility index (Phi) is 3.86. The summed E-state index contributed by atoms with van der Waals surface area (Å²) in [6, 6.07) is 5.25. The Hall–Kier alpha value is -1.26. The van der Waals surface area contributed by atoms with Gasteiger partial charge in [0, 0.05) is 11.1 Å². The molecule has 17 heavy (non-hydrogen) atoms. The summed E-state index contributed by atoms with van der Waals surface area (Å²) in [5, 5.41) is 3.80. The first-order valence-electron chi connectivity index (χ1n) is 5.62. The first-order valence-corrected chi connectivity index (χ1v) is 6.00. The van der Waals surface area contributed by atoms with Crippen molar-refractivity contribution in [2.24, 2.45) is 5.73 Å². The fourth-order valence-corrected chi connectivity index (χ4v) is 2.08. The van der Waals surface area contributed by atoms with Crippen LogP contribution < -0.4 is 15.8 Å². The molecule has 1 aromatic rings. The average Bonchev–Trinajstić information content (AvgIpc) is 2.80. The summed E-state index contributed by atoms with van der Waals surface area (Å²) in [7, 11) is 0. The van der Waals surface area contributed by atoms with Crippen molar-refractivity contribution in [3.8, 4) is 5.75 Å². The summed E-state index contributed by atoms with van der Waals surface area (Å²) < 4.78 is 5.62. The Bertz CT molecular complexity index is 417. The zero-order valence-electron chi connectivity index (χ0n) is 9.41. The van der Waals surface area contributed by atoms with E-state index >= 15 is 0 Å². The molecule has 0 saturated carbocycles. The highest BCUT2D eigenvalue weighted by atomic mass is 35.5. The van der Waals surface area contributed by atoms with E-state index in [2.05, 4.69) is 5.32 Å². The third-order valence-electron chi connectivity index (χ3n) is 2.81. The number of carbonyl (C=O) groups excluding carboxylic acids is 1. The summed E-state index contributed by atoms with van der Waals surface area (Å²) in [5.41, 5.74) is 5.60. The molecule has 1 fully saturated rings. The van der Waals surface area contributed by atoms with Crippen molar-refractivity contribution in [2.75, 3.05) is 13.2 Å². The van der Waals surface area contributed by atoms with Crippen LogP contribution in [0.3, 0.4) is 0 Å². The molecule has 1 aliphatic heterocycles. The maximum Gasteiger partial charge on any atom is 0.252 e. The van der Waals surface area contributed by atoms with Crippen LogP contribution in [0.25, 0.3) is 0 Å². The van der Waals surface area contributed by atoms with Gasteiger partial charge in [-0.2, -0.15) is 0 Å². The molecule has 0 bridgehead atoms. The van der Waals surface area contributed by atoms with E-state index in [4.69, 9.17) is 22.1 Å². The number of nitrogens with one attached hydrogen (secondary N) is 1. The van der Waals surface area contributed by atoms with Crippen LogP contribution in [0.2, 0.25) is 5.02 Å². The van der Waals surface area contributed by atoms with Gasteiger partial charge in [-0.1, -0.05) is 11.6 Å². The molecule has 1 heterocycles. The van der Waals surface area contributed by atoms with Gasteiger partial charge in [0.05, 0.1) is 5.56 Å². The van der Waals surface area contributed by atoms with E-state index in [0.717, 1.165) is 19.4 Å². The van der Waals surface area contributed by atoms with Crippen LogP contribution in [-0.4, -0.2) is 25.1 Å². The van der Waals surface area contributed by atoms with E-state index in [-0.39, 0.29) is 0 Å². The van der Waals surface area contributed by atoms with E-state index < -0.39 is 5.91 Å². The molecule has 5 heteroatoms. The Morgan fingerprint density at radius 2 is 2.41 bits per heavy atom. The summed E-state index contributed by atoms with van der Waals surface area (Å²) in [6.07, 6.45) is 2.26. The molecule has 92 valence electrons. The number of primary amides is 1. The molecule has 0 aromatic heterocycles. The molecule has 0 radical (unpaired) electrons. The molecular weight excluding hydrogens is 240 g/mol. The molecule has 3 N–H and O–H groups in total. The Labute approximate surface area is 105 Å². The first-order chi connectivity index (χ1) is 8.16. The number of hydrogen-bond donors (Lipinski definition) is 2. The predicted molar refractivity (Wildman–Crippen MR) is 66.5 cm³/mol. The van der Waals surface area contributed by atoms with E-state index in [1.807, 2.05) is 0 Å². The number of carbonyl (C=O) groups is 1. The lowest BCUT2D eigenvalue weighted by Crippen LogP contribution is -2.28. The number of rotatable bonds is 4. The maximum atomic E-state index is 11.2. The number of benzene rings is 1. The number of halogens is 1. The molecule has 1 amide bonds. The van der Waals surface area contributed by atoms with E-state index in [1.165, 1.54) is 6.07 Å². The van der Waals surface area contributed by atoms with Crippen molar-refractivity contribution in [1.82, 2.24) is 5.32 Å². The molecule has 0 spiro atoms. The van der Waals surface area contributed by atoms with Crippen molar-refractivity contribution in [3.05, 3.63) is 28.8 Å². The minimum absolute atomic E-state index is 0.329. The second-order valence-electron chi connectivity index (χ2n) is 4.11. The highest BCUT2D eigenvalue weighted by Gasteiger charge is 2.16. The highest BCUT2D eigenvalue weighted by Crippen LogP contribution is 2.23. The van der Waals surface area contributed by atoms with Gasteiger partial charge in [-0.05, 0) is 37.6 Å². The van der Waals surface area contributed by atoms with Crippen LogP contribution >= 0.6 is 11.6 Å². The minimum Gasteiger partial charge on any atom is -0.491 e. The number of nitrogens with two attached hydrogens (primary N) is 1. The van der Waals surface area contributed by atoms with Crippen molar-refractivity contribution >= 4 is 17.5 Å². The van der Waals surface area contributed by atoms with Gasteiger partial charge in [0.2, 0.25) is 0 Å². The Morgan fingerprint density at radius 3 is 3.06 bits per heavy atom. The zero-order chi connectivity index (χ0) is 12.3. The minimum atomic E-state index is -0.526. The molecule has 1 aliphatic rings. The lowest BCUT2D eigenvalue weighted by atomic mass is 10.2. The first kappa shape index (κ1) is 12.2. The van der Waals surface area contributed by atoms with Gasteiger partial charge in [-0.25, -0.2) is 0 Å². The second kappa shape index (κ2) is 5.38. The van der Waals surface area contributed by atoms with Crippen LogP contribution in [0.5, 0.6) is 5.75 Å². The van der Waals surface area contributed by atoms with E-state index in [9.17, 15) is 4.79 Å². The second-order valence-corrected chi connectivity index (χ2v) is 4.55. The molecule has 1 aromatic carbocycles. The largest absolute Gasteiger partial charge is 0.491 e. The molecule has 1 unspecified atom stereocenters. The molecule has 0 aliphatic carbocycles. The van der Waals surface area contributed by atoms with Gasteiger partial charge in [0.15, 0.2) is 0 Å². The van der Waals surface area contributed by atoms with Gasteiger partial charge < -0.3 is 15.8 Å². The van der Waals surface area contributed by atoms with Crippen LogP contribution in [0.15, 0.2) is 18.2 Å². The Balaban J connectivity index is 2.06. The number of hydrogen-bond acceptors (Lipinski definition) is 3. The van der Waals surface area contributed by atoms with Crippen LogP contribution in [0.1, 0.15) is 23.2 Å². The quantitative estimate of drug-likeness (QED) is 0.857. The topological polar surface area (TPSA) is 64.4 Å². The third-order valence-corrected chi connectivity index (χ3v) is 3.04. The molecule has 2 rings (SSSR count). The van der Waals surface area contributed by atoms with Gasteiger partial charge in [0.25, 0.3) is 5.91 Å². The zero-order valence-corrected chi connectivity index (χ0v) is 10.2. The van der Waals surface area contributed by atoms with Crippen LogP contribution in [0.4, 0.5) is 0 Å². The van der Waals surface area contributed by atoms with Gasteiger partial charge in [-0.3, -0.25) is 4.79 Å². The predicted octanol–water partition coefficient (Wildman–Crippen LogP) is 1.57. The van der Waals surface area contributed by atoms with Gasteiger partial charge in [-0.15, -0.1) is 0 Å². The lowest BCUT2D eigenvalue weighted by molar-refractivity contribution is 0.0996. The molecule has 1 saturated heterocycles. The summed E-state index contributed by atoms with van der Waals surface area (Å²) >= 11 is 5.81. The van der Waals surface area contributed by atoms with Gasteiger partial charge in [0.1, 0.15) is 12.4 Å². The summed E-state index contributed by atoms with van der Waals surface area (Å²) in [4.78, 5) is 11.2. The lowest BCUT2D eigenvalue weighted by Gasteiger charge is -2.14. The number of ether oxygens (including phenoxy) is 1. The molecule has 4 nitrogen and oxygen atoms in total. The molecule has 1 atom stereocenters. The highest BCUT2D eigenvalue weighted by molar-refractivity contribution is 6.31. The van der Waals surface area contributed by atoms with Crippen molar-refractivity contribution in [3.63, 3.8) is 0 Å². The average molecular weight is 255 g/mol. The fraction of sp³-hybridized carbons (Fsp3) is 0.417. The standard InChI is InChI=1S/C12H15ClN2O2/c13-8-3-4-11(10(6-8)12(14)16)17-7-9-2-1-5-15-9/h3-4,6,9,15H,1-2,5,7H2,(H2,14,16). The summed E-state index contributed by atoms with van der Waals surface area (Å²) in [5.74, 6) is -0.0301. The van der Waals surface area contributed by atoms with Crippen molar-refractivity contribution in [1.29, 1.82) is 0 Å². The number of amides is 1. The normalized spacial score (nSPS) is 19.2. The van der Waals surface area contributed by atoms with Crippen LogP contribution in [0, 0.1) is 0 Å². The third kappa shape index (κ3) is 3.11. The van der Waals surface area contributed by atoms with E-state index in [0.29, 0.717) is 29.0 Å². The van der Waals surface area contributed by atoms with Crippen molar-refractivity contribution in [2.45, 2.75) is 18.9 Å². The monoisotopic (exact) mass is 254 g/mol. The summed E-state index contributed by atoms with van der Waals surface area (Å²) in [6.45, 7) is 1.57. The van der Waals surface area contributed by atoms with Crippen LogP contribution in [-0.2, 0) is 0 Å².